The predicted octanol–water partition coefficient (Wildman–Crippen LogP) is 2.46. The highest BCUT2D eigenvalue weighted by Crippen LogP contribution is 2.37. The number of carbonyl (C=O) groups excluding carboxylic acids is 1. The molecule has 1 unspecified atom stereocenters. The molecule has 1 atom stereocenters. The zero-order chi connectivity index (χ0) is 25.3. The number of carbonyl (C=O) groups is 1. The minimum Gasteiger partial charge on any atom is -0.494 e. The maximum absolute atomic E-state index is 13.2. The zero-order valence-corrected chi connectivity index (χ0v) is 18.8. The summed E-state index contributed by atoms with van der Waals surface area (Å²) < 4.78 is 50.6. The van der Waals surface area contributed by atoms with E-state index < -0.39 is 17.8 Å². The third-order valence-corrected chi connectivity index (χ3v) is 5.76. The molecule has 1 aromatic carbocycles. The molecule has 0 spiro atoms. The van der Waals surface area contributed by atoms with E-state index in [1.807, 2.05) is 0 Å². The van der Waals surface area contributed by atoms with Gasteiger partial charge in [-0.3, -0.25) is 10.2 Å². The first-order valence-corrected chi connectivity index (χ1v) is 10.8. The number of halogens is 3. The van der Waals surface area contributed by atoms with Crippen LogP contribution in [0.15, 0.2) is 28.7 Å². The van der Waals surface area contributed by atoms with Crippen molar-refractivity contribution in [3.8, 4) is 17.2 Å². The standard InChI is InChI=1S/C22H24F3N7O3/c1-34-14-6-4-13(12-5-7-16(22(23,24)25)30-17(12)14)20-31-18(15(9-26)35-20)19(33)29-11-3-2-8-32(10-11)21(27)28/h4-7,11H,2-3,8-10,26H2,1H3,(H3,27,28)(H,29,33). The second-order valence-corrected chi connectivity index (χ2v) is 8.04. The van der Waals surface area contributed by atoms with E-state index in [9.17, 15) is 18.0 Å². The third kappa shape index (κ3) is 4.85. The highest BCUT2D eigenvalue weighted by molar-refractivity contribution is 5.98. The van der Waals surface area contributed by atoms with E-state index in [0.717, 1.165) is 12.5 Å². The molecule has 4 rings (SSSR count). The fourth-order valence-electron chi connectivity index (χ4n) is 4.05. The molecule has 0 saturated carbocycles. The summed E-state index contributed by atoms with van der Waals surface area (Å²) in [4.78, 5) is 22.7. The van der Waals surface area contributed by atoms with Crippen LogP contribution in [0, 0.1) is 5.41 Å². The van der Waals surface area contributed by atoms with Crippen molar-refractivity contribution in [3.05, 3.63) is 41.4 Å². The first-order chi connectivity index (χ1) is 16.6. The Morgan fingerprint density at radius 2 is 2.09 bits per heavy atom. The van der Waals surface area contributed by atoms with E-state index >= 15 is 0 Å². The molecule has 1 aliphatic heterocycles. The van der Waals surface area contributed by atoms with Gasteiger partial charge in [0.05, 0.1) is 13.7 Å². The van der Waals surface area contributed by atoms with Crippen LogP contribution in [0.25, 0.3) is 22.4 Å². The lowest BCUT2D eigenvalue weighted by Gasteiger charge is -2.33. The topological polar surface area (TPSA) is 156 Å². The van der Waals surface area contributed by atoms with Crippen LogP contribution in [-0.4, -0.2) is 53.0 Å². The third-order valence-electron chi connectivity index (χ3n) is 5.76. The lowest BCUT2D eigenvalue weighted by atomic mass is 10.1. The van der Waals surface area contributed by atoms with Gasteiger partial charge < -0.3 is 30.8 Å². The molecule has 10 nitrogen and oxygen atoms in total. The van der Waals surface area contributed by atoms with Crippen LogP contribution < -0.4 is 21.5 Å². The number of oxazole rings is 1. The van der Waals surface area contributed by atoms with E-state index in [2.05, 4.69) is 15.3 Å². The van der Waals surface area contributed by atoms with Gasteiger partial charge in [-0.05, 0) is 37.1 Å². The Balaban J connectivity index is 1.69. The lowest BCUT2D eigenvalue weighted by Crippen LogP contribution is -2.51. The van der Waals surface area contributed by atoms with Gasteiger partial charge in [0.15, 0.2) is 17.4 Å². The quantitative estimate of drug-likeness (QED) is 0.313. The molecule has 3 heterocycles. The van der Waals surface area contributed by atoms with Gasteiger partial charge in [0.25, 0.3) is 5.91 Å². The van der Waals surface area contributed by atoms with Gasteiger partial charge in [-0.1, -0.05) is 0 Å². The number of methoxy groups -OCH3 is 1. The number of alkyl halides is 3. The Bertz CT molecular complexity index is 1280. The number of rotatable bonds is 5. The summed E-state index contributed by atoms with van der Waals surface area (Å²) >= 11 is 0. The minimum absolute atomic E-state index is 0.0128. The predicted molar refractivity (Wildman–Crippen MR) is 121 cm³/mol. The summed E-state index contributed by atoms with van der Waals surface area (Å²) in [5, 5.41) is 10.8. The summed E-state index contributed by atoms with van der Waals surface area (Å²) in [7, 11) is 1.33. The molecular formula is C22H24F3N7O3. The van der Waals surface area contributed by atoms with E-state index in [-0.39, 0.29) is 47.2 Å². The zero-order valence-electron chi connectivity index (χ0n) is 18.8. The van der Waals surface area contributed by atoms with Crippen LogP contribution in [0.1, 0.15) is 34.8 Å². The number of hydrogen-bond donors (Lipinski definition) is 4. The van der Waals surface area contributed by atoms with Crippen LogP contribution in [0.3, 0.4) is 0 Å². The second kappa shape index (κ2) is 9.41. The molecule has 1 amide bonds. The lowest BCUT2D eigenvalue weighted by molar-refractivity contribution is -0.140. The summed E-state index contributed by atoms with van der Waals surface area (Å²) in [5.74, 6) is -0.291. The van der Waals surface area contributed by atoms with Gasteiger partial charge >= 0.3 is 6.18 Å². The minimum atomic E-state index is -4.63. The van der Waals surface area contributed by atoms with Gasteiger partial charge in [-0.15, -0.1) is 0 Å². The Hall–Kier alpha value is -3.87. The van der Waals surface area contributed by atoms with Crippen molar-refractivity contribution in [1.29, 1.82) is 5.41 Å². The average Bonchev–Trinajstić information content (AvgIpc) is 3.27. The molecule has 0 radical (unpaired) electrons. The molecule has 6 N–H and O–H groups in total. The van der Waals surface area contributed by atoms with Crippen LogP contribution in [0.2, 0.25) is 0 Å². The normalized spacial score (nSPS) is 16.4. The monoisotopic (exact) mass is 491 g/mol. The Morgan fingerprint density at radius 1 is 1.31 bits per heavy atom. The van der Waals surface area contributed by atoms with Crippen molar-refractivity contribution in [3.63, 3.8) is 0 Å². The maximum atomic E-state index is 13.2. The number of hydrogen-bond acceptors (Lipinski definition) is 7. The van der Waals surface area contributed by atoms with E-state index in [1.54, 1.807) is 11.0 Å². The number of fused-ring (bicyclic) bond motifs is 1. The van der Waals surface area contributed by atoms with Crippen molar-refractivity contribution >= 4 is 22.8 Å². The summed E-state index contributed by atoms with van der Waals surface area (Å²) in [6.07, 6.45) is -3.18. The number of pyridine rings is 1. The van der Waals surface area contributed by atoms with E-state index in [4.69, 9.17) is 26.0 Å². The summed E-state index contributed by atoms with van der Waals surface area (Å²) in [6.45, 7) is 0.906. The second-order valence-electron chi connectivity index (χ2n) is 8.04. The Kier molecular flexibility index (Phi) is 6.52. The van der Waals surface area contributed by atoms with Crippen molar-refractivity contribution in [1.82, 2.24) is 20.2 Å². The van der Waals surface area contributed by atoms with Crippen LogP contribution in [0.4, 0.5) is 13.2 Å². The SMILES string of the molecule is COc1ccc(-c2nc(C(=O)NC3CCCN(C(=N)N)C3)c(CN)o2)c2ccc(C(F)(F)F)nc12. The number of amides is 1. The first kappa shape index (κ1) is 24.3. The van der Waals surface area contributed by atoms with E-state index in [1.165, 1.54) is 19.2 Å². The smallest absolute Gasteiger partial charge is 0.433 e. The molecule has 0 bridgehead atoms. The number of likely N-dealkylation sites (tertiary alicyclic amines) is 1. The van der Waals surface area contributed by atoms with Gasteiger partial charge in [-0.25, -0.2) is 9.97 Å². The number of nitrogens with two attached hydrogens (primary N) is 2. The molecule has 13 heteroatoms. The highest BCUT2D eigenvalue weighted by atomic mass is 19.4. The van der Waals surface area contributed by atoms with Crippen LogP contribution in [0.5, 0.6) is 5.75 Å². The van der Waals surface area contributed by atoms with Gasteiger partial charge in [0.1, 0.15) is 17.0 Å². The molecular weight excluding hydrogens is 467 g/mol. The molecule has 3 aromatic rings. The number of piperidine rings is 1. The molecule has 1 fully saturated rings. The number of benzene rings is 1. The molecule has 1 aliphatic rings. The van der Waals surface area contributed by atoms with Crippen molar-refractivity contribution < 1.29 is 27.1 Å². The van der Waals surface area contributed by atoms with Gasteiger partial charge in [0, 0.05) is 30.1 Å². The number of aromatic nitrogens is 2. The number of nitrogens with one attached hydrogen (secondary N) is 2. The van der Waals surface area contributed by atoms with Gasteiger partial charge in [0.2, 0.25) is 5.89 Å². The highest BCUT2D eigenvalue weighted by Gasteiger charge is 2.33. The molecule has 1 saturated heterocycles. The van der Waals surface area contributed by atoms with Crippen molar-refractivity contribution in [2.75, 3.05) is 20.2 Å². The maximum Gasteiger partial charge on any atom is 0.433 e. The number of guanidine groups is 1. The molecule has 35 heavy (non-hydrogen) atoms. The molecule has 186 valence electrons. The van der Waals surface area contributed by atoms with Crippen molar-refractivity contribution in [2.24, 2.45) is 11.5 Å². The molecule has 2 aromatic heterocycles. The Labute approximate surface area is 197 Å². The van der Waals surface area contributed by atoms with Crippen LogP contribution >= 0.6 is 0 Å². The number of ether oxygens (including phenoxy) is 1. The fraction of sp³-hybridized carbons (Fsp3) is 0.364. The Morgan fingerprint density at radius 3 is 2.74 bits per heavy atom. The average molecular weight is 491 g/mol. The first-order valence-electron chi connectivity index (χ1n) is 10.8. The fourth-order valence-corrected chi connectivity index (χ4v) is 4.05. The number of nitrogens with zero attached hydrogens (tertiary/aromatic N) is 3. The molecule has 0 aliphatic carbocycles. The van der Waals surface area contributed by atoms with Gasteiger partial charge in [-0.2, -0.15) is 13.2 Å². The van der Waals surface area contributed by atoms with Crippen LogP contribution in [-0.2, 0) is 12.7 Å². The van der Waals surface area contributed by atoms with Crippen molar-refractivity contribution in [2.45, 2.75) is 31.6 Å². The summed E-state index contributed by atoms with van der Waals surface area (Å²) in [6, 6.07) is 4.88. The largest absolute Gasteiger partial charge is 0.494 e. The summed E-state index contributed by atoms with van der Waals surface area (Å²) in [5.41, 5.74) is 10.6. The van der Waals surface area contributed by atoms with E-state index in [0.29, 0.717) is 30.5 Å².